The van der Waals surface area contributed by atoms with Gasteiger partial charge in [0.15, 0.2) is 0 Å². The molecule has 0 aliphatic rings. The minimum absolute atomic E-state index is 0.0220. The van der Waals surface area contributed by atoms with E-state index in [0.29, 0.717) is 6.42 Å². The van der Waals surface area contributed by atoms with Crippen LogP contribution in [0.5, 0.6) is 11.5 Å². The Kier molecular flexibility index (Phi) is 5.63. The van der Waals surface area contributed by atoms with Crippen LogP contribution in [0.3, 0.4) is 0 Å². The summed E-state index contributed by atoms with van der Waals surface area (Å²) in [5.74, 6) is 1.55. The van der Waals surface area contributed by atoms with Gasteiger partial charge in [0.2, 0.25) is 5.91 Å². The van der Waals surface area contributed by atoms with Crippen molar-refractivity contribution in [1.82, 2.24) is 5.32 Å². The quantitative estimate of drug-likeness (QED) is 0.889. The zero-order valence-corrected chi connectivity index (χ0v) is 14.1. The zero-order valence-electron chi connectivity index (χ0n) is 14.1. The van der Waals surface area contributed by atoms with Gasteiger partial charge < -0.3 is 14.8 Å². The van der Waals surface area contributed by atoms with E-state index in [-0.39, 0.29) is 11.9 Å². The highest BCUT2D eigenvalue weighted by Crippen LogP contribution is 2.26. The Hall–Kier alpha value is -2.49. The fraction of sp³-hybridized carbons (Fsp3) is 0.316. The van der Waals surface area contributed by atoms with Crippen LogP contribution in [0.25, 0.3) is 0 Å². The van der Waals surface area contributed by atoms with Crippen LogP contribution in [0.2, 0.25) is 0 Å². The van der Waals surface area contributed by atoms with E-state index in [1.54, 1.807) is 14.2 Å². The highest BCUT2D eigenvalue weighted by Gasteiger charge is 2.14. The van der Waals surface area contributed by atoms with Gasteiger partial charge in [0, 0.05) is 5.56 Å². The minimum Gasteiger partial charge on any atom is -0.497 e. The normalized spacial score (nSPS) is 11.7. The van der Waals surface area contributed by atoms with Crippen molar-refractivity contribution < 1.29 is 14.3 Å². The van der Waals surface area contributed by atoms with E-state index in [1.807, 2.05) is 56.3 Å². The molecular formula is C19H23NO3. The van der Waals surface area contributed by atoms with Gasteiger partial charge in [-0.25, -0.2) is 0 Å². The van der Waals surface area contributed by atoms with Crippen LogP contribution >= 0.6 is 0 Å². The summed E-state index contributed by atoms with van der Waals surface area (Å²) >= 11 is 0. The first kappa shape index (κ1) is 16.9. The monoisotopic (exact) mass is 313 g/mol. The van der Waals surface area contributed by atoms with Gasteiger partial charge in [-0.3, -0.25) is 4.79 Å². The second-order valence-corrected chi connectivity index (χ2v) is 5.56. The van der Waals surface area contributed by atoms with Crippen LogP contribution < -0.4 is 14.8 Å². The molecule has 0 spiro atoms. The number of carbonyl (C=O) groups excluding carboxylic acids is 1. The molecule has 0 radical (unpaired) electrons. The lowest BCUT2D eigenvalue weighted by Gasteiger charge is -2.18. The molecule has 1 N–H and O–H groups in total. The van der Waals surface area contributed by atoms with Crippen molar-refractivity contribution in [2.24, 2.45) is 0 Å². The second-order valence-electron chi connectivity index (χ2n) is 5.56. The van der Waals surface area contributed by atoms with Crippen molar-refractivity contribution in [3.05, 3.63) is 59.2 Å². The number of aryl methyl sites for hydroxylation is 1. The van der Waals surface area contributed by atoms with E-state index >= 15 is 0 Å². The second kappa shape index (κ2) is 7.68. The molecule has 23 heavy (non-hydrogen) atoms. The van der Waals surface area contributed by atoms with Gasteiger partial charge in [-0.05, 0) is 37.6 Å². The topological polar surface area (TPSA) is 47.6 Å². The first-order valence-corrected chi connectivity index (χ1v) is 7.60. The predicted molar refractivity (Wildman–Crippen MR) is 91.0 cm³/mol. The van der Waals surface area contributed by atoms with E-state index in [0.717, 1.165) is 28.2 Å². The predicted octanol–water partition coefficient (Wildman–Crippen LogP) is 3.43. The highest BCUT2D eigenvalue weighted by atomic mass is 16.5. The number of rotatable bonds is 6. The molecule has 4 nitrogen and oxygen atoms in total. The fourth-order valence-corrected chi connectivity index (χ4v) is 2.49. The van der Waals surface area contributed by atoms with Crippen molar-refractivity contribution in [3.8, 4) is 11.5 Å². The molecule has 1 atom stereocenters. The third-order valence-corrected chi connectivity index (χ3v) is 3.75. The number of ether oxygens (including phenoxy) is 2. The summed E-state index contributed by atoms with van der Waals surface area (Å²) in [7, 11) is 3.26. The van der Waals surface area contributed by atoms with Crippen LogP contribution in [0.1, 0.15) is 29.7 Å². The van der Waals surface area contributed by atoms with E-state index in [4.69, 9.17) is 9.47 Å². The molecule has 0 aliphatic carbocycles. The number of hydrogen-bond acceptors (Lipinski definition) is 3. The van der Waals surface area contributed by atoms with E-state index < -0.39 is 0 Å². The molecule has 0 fully saturated rings. The van der Waals surface area contributed by atoms with Crippen LogP contribution in [0.15, 0.2) is 42.5 Å². The van der Waals surface area contributed by atoms with Crippen LogP contribution in [0, 0.1) is 6.92 Å². The molecule has 0 unspecified atom stereocenters. The Balaban J connectivity index is 2.03. The summed E-state index contributed by atoms with van der Waals surface area (Å²) in [5.41, 5.74) is 3.07. The third kappa shape index (κ3) is 4.49. The van der Waals surface area contributed by atoms with Gasteiger partial charge in [-0.15, -0.1) is 0 Å². The standard InChI is InChI=1S/C19H23NO3/c1-13-5-10-18(23-4)17(11-13)14(2)20-19(21)12-15-6-8-16(22-3)9-7-15/h5-11,14H,12H2,1-4H3,(H,20,21)/t14-/m1/s1. The highest BCUT2D eigenvalue weighted by molar-refractivity contribution is 5.79. The van der Waals surface area contributed by atoms with Crippen LogP contribution in [-0.4, -0.2) is 20.1 Å². The molecular weight excluding hydrogens is 290 g/mol. The SMILES string of the molecule is COc1ccc(CC(=O)N[C@H](C)c2cc(C)ccc2OC)cc1. The molecule has 0 aliphatic heterocycles. The molecule has 1 amide bonds. The summed E-state index contributed by atoms with van der Waals surface area (Å²) in [6.07, 6.45) is 0.336. The molecule has 122 valence electrons. The van der Waals surface area contributed by atoms with Crippen molar-refractivity contribution in [2.75, 3.05) is 14.2 Å². The Morgan fingerprint density at radius 1 is 1.09 bits per heavy atom. The maximum Gasteiger partial charge on any atom is 0.224 e. The van der Waals surface area contributed by atoms with Gasteiger partial charge in [-0.2, -0.15) is 0 Å². The Labute approximate surface area is 137 Å². The molecule has 0 saturated carbocycles. The summed E-state index contributed by atoms with van der Waals surface area (Å²) in [6, 6.07) is 13.4. The first-order valence-electron chi connectivity index (χ1n) is 7.60. The molecule has 2 aromatic rings. The van der Waals surface area contributed by atoms with E-state index in [1.165, 1.54) is 0 Å². The van der Waals surface area contributed by atoms with Crippen LogP contribution in [0.4, 0.5) is 0 Å². The minimum atomic E-state index is -0.115. The van der Waals surface area contributed by atoms with Crippen molar-refractivity contribution >= 4 is 5.91 Å². The average molecular weight is 313 g/mol. The summed E-state index contributed by atoms with van der Waals surface area (Å²) in [5, 5.41) is 3.03. The lowest BCUT2D eigenvalue weighted by molar-refractivity contribution is -0.121. The maximum absolute atomic E-state index is 12.3. The number of carbonyl (C=O) groups is 1. The summed E-state index contributed by atoms with van der Waals surface area (Å²) < 4.78 is 10.5. The first-order chi connectivity index (χ1) is 11.0. The number of nitrogens with one attached hydrogen (secondary N) is 1. The third-order valence-electron chi connectivity index (χ3n) is 3.75. The zero-order chi connectivity index (χ0) is 16.8. The lowest BCUT2D eigenvalue weighted by Crippen LogP contribution is -2.28. The van der Waals surface area contributed by atoms with Gasteiger partial charge in [0.25, 0.3) is 0 Å². The van der Waals surface area contributed by atoms with E-state index in [9.17, 15) is 4.79 Å². The molecule has 0 aromatic heterocycles. The lowest BCUT2D eigenvalue weighted by atomic mass is 10.0. The molecule has 0 saturated heterocycles. The summed E-state index contributed by atoms with van der Waals surface area (Å²) in [4.78, 5) is 12.3. The molecule has 2 rings (SSSR count). The Morgan fingerprint density at radius 3 is 2.39 bits per heavy atom. The Morgan fingerprint density at radius 2 is 1.78 bits per heavy atom. The summed E-state index contributed by atoms with van der Waals surface area (Å²) in [6.45, 7) is 3.98. The van der Waals surface area contributed by atoms with Gasteiger partial charge >= 0.3 is 0 Å². The number of benzene rings is 2. The van der Waals surface area contributed by atoms with Gasteiger partial charge in [0.1, 0.15) is 11.5 Å². The van der Waals surface area contributed by atoms with Crippen molar-refractivity contribution in [1.29, 1.82) is 0 Å². The maximum atomic E-state index is 12.3. The molecule has 0 heterocycles. The molecule has 0 bridgehead atoms. The number of hydrogen-bond donors (Lipinski definition) is 1. The van der Waals surface area contributed by atoms with Crippen LogP contribution in [-0.2, 0) is 11.2 Å². The van der Waals surface area contributed by atoms with E-state index in [2.05, 4.69) is 5.32 Å². The fourth-order valence-electron chi connectivity index (χ4n) is 2.49. The van der Waals surface area contributed by atoms with Crippen molar-refractivity contribution in [3.63, 3.8) is 0 Å². The van der Waals surface area contributed by atoms with Gasteiger partial charge in [0.05, 0.1) is 26.7 Å². The number of methoxy groups -OCH3 is 2. The average Bonchev–Trinajstić information content (AvgIpc) is 2.55. The Bertz CT molecular complexity index is 665. The smallest absolute Gasteiger partial charge is 0.224 e. The molecule has 2 aromatic carbocycles. The molecule has 4 heteroatoms. The largest absolute Gasteiger partial charge is 0.497 e. The number of amides is 1. The van der Waals surface area contributed by atoms with Gasteiger partial charge in [-0.1, -0.05) is 29.8 Å². The van der Waals surface area contributed by atoms with Crippen molar-refractivity contribution in [2.45, 2.75) is 26.3 Å².